The molecule has 1 heterocycles. The van der Waals surface area contributed by atoms with Crippen molar-refractivity contribution in [2.45, 2.75) is 11.4 Å². The lowest BCUT2D eigenvalue weighted by molar-refractivity contribution is 0.582. The lowest BCUT2D eigenvalue weighted by Crippen LogP contribution is -2.24. The Morgan fingerprint density at radius 3 is 2.83 bits per heavy atom. The molecule has 6 nitrogen and oxygen atoms in total. The van der Waals surface area contributed by atoms with Crippen LogP contribution in [0.4, 0.5) is 5.69 Å². The molecule has 1 aromatic carbocycles. The SMILES string of the molecule is Nc1cccc(Cl)c1S(=O)(=O)NCc1cn[nH]c1. The summed E-state index contributed by atoms with van der Waals surface area (Å²) in [7, 11) is -3.75. The van der Waals surface area contributed by atoms with Crippen LogP contribution in [-0.2, 0) is 16.6 Å². The summed E-state index contributed by atoms with van der Waals surface area (Å²) in [6.07, 6.45) is 3.12. The third kappa shape index (κ3) is 2.63. The molecule has 0 unspecified atom stereocenters. The predicted molar refractivity (Wildman–Crippen MR) is 68.5 cm³/mol. The van der Waals surface area contributed by atoms with Crippen molar-refractivity contribution >= 4 is 27.3 Å². The molecule has 0 amide bonds. The molecule has 0 aliphatic heterocycles. The minimum absolute atomic E-state index is 0.0923. The first-order chi connectivity index (χ1) is 8.50. The van der Waals surface area contributed by atoms with Gasteiger partial charge >= 0.3 is 0 Å². The third-order valence-corrected chi connectivity index (χ3v) is 4.23. The number of hydrogen-bond acceptors (Lipinski definition) is 4. The summed E-state index contributed by atoms with van der Waals surface area (Å²) in [5.41, 5.74) is 6.46. The molecule has 0 saturated heterocycles. The molecule has 0 saturated carbocycles. The number of aromatic nitrogens is 2. The normalized spacial score (nSPS) is 11.6. The Balaban J connectivity index is 2.26. The molecule has 0 aliphatic carbocycles. The highest BCUT2D eigenvalue weighted by molar-refractivity contribution is 7.89. The first kappa shape index (κ1) is 12.9. The summed E-state index contributed by atoms with van der Waals surface area (Å²) in [6, 6.07) is 4.55. The van der Waals surface area contributed by atoms with Crippen LogP contribution in [0.3, 0.4) is 0 Å². The van der Waals surface area contributed by atoms with Gasteiger partial charge in [0.1, 0.15) is 4.90 Å². The summed E-state index contributed by atoms with van der Waals surface area (Å²) in [4.78, 5) is -0.102. The molecule has 96 valence electrons. The maximum Gasteiger partial charge on any atom is 0.244 e. The van der Waals surface area contributed by atoms with Gasteiger partial charge in [-0.3, -0.25) is 5.10 Å². The number of aromatic amines is 1. The quantitative estimate of drug-likeness (QED) is 0.733. The van der Waals surface area contributed by atoms with E-state index in [0.717, 1.165) is 0 Å². The topological polar surface area (TPSA) is 101 Å². The number of halogens is 1. The largest absolute Gasteiger partial charge is 0.398 e. The van der Waals surface area contributed by atoms with Crippen LogP contribution < -0.4 is 10.5 Å². The summed E-state index contributed by atoms with van der Waals surface area (Å²) in [5, 5.41) is 6.41. The van der Waals surface area contributed by atoms with E-state index in [4.69, 9.17) is 17.3 Å². The van der Waals surface area contributed by atoms with Gasteiger partial charge in [0.15, 0.2) is 0 Å². The Kier molecular flexibility index (Phi) is 3.55. The lowest BCUT2D eigenvalue weighted by atomic mass is 10.3. The minimum Gasteiger partial charge on any atom is -0.398 e. The molecule has 0 bridgehead atoms. The van der Waals surface area contributed by atoms with Crippen molar-refractivity contribution < 1.29 is 8.42 Å². The van der Waals surface area contributed by atoms with E-state index >= 15 is 0 Å². The van der Waals surface area contributed by atoms with Crippen LogP contribution in [0.25, 0.3) is 0 Å². The maximum absolute atomic E-state index is 12.1. The zero-order valence-corrected chi connectivity index (χ0v) is 10.8. The average Bonchev–Trinajstić information content (AvgIpc) is 2.78. The van der Waals surface area contributed by atoms with Gasteiger partial charge in [-0.2, -0.15) is 5.10 Å². The number of benzene rings is 1. The van der Waals surface area contributed by atoms with E-state index < -0.39 is 10.0 Å². The maximum atomic E-state index is 12.1. The van der Waals surface area contributed by atoms with Crippen LogP contribution >= 0.6 is 11.6 Å². The Hall–Kier alpha value is -1.57. The van der Waals surface area contributed by atoms with E-state index in [1.54, 1.807) is 12.3 Å². The molecule has 4 N–H and O–H groups in total. The first-order valence-electron chi connectivity index (χ1n) is 5.02. The smallest absolute Gasteiger partial charge is 0.244 e. The molecule has 8 heteroatoms. The van der Waals surface area contributed by atoms with Crippen LogP contribution in [0.15, 0.2) is 35.5 Å². The number of anilines is 1. The van der Waals surface area contributed by atoms with E-state index in [0.29, 0.717) is 5.56 Å². The molecular weight excluding hydrogens is 276 g/mol. The number of H-pyrrole nitrogens is 1. The van der Waals surface area contributed by atoms with Gasteiger partial charge in [0.2, 0.25) is 10.0 Å². The second-order valence-corrected chi connectivity index (χ2v) is 5.70. The average molecular weight is 287 g/mol. The zero-order chi connectivity index (χ0) is 13.2. The fourth-order valence-corrected chi connectivity index (χ4v) is 3.12. The van der Waals surface area contributed by atoms with Crippen LogP contribution in [0.1, 0.15) is 5.56 Å². The van der Waals surface area contributed by atoms with E-state index in [9.17, 15) is 8.42 Å². The summed E-state index contributed by atoms with van der Waals surface area (Å²) >= 11 is 5.86. The number of rotatable bonds is 4. The van der Waals surface area contributed by atoms with E-state index in [1.807, 2.05) is 0 Å². The number of nitrogens with two attached hydrogens (primary N) is 1. The zero-order valence-electron chi connectivity index (χ0n) is 9.22. The summed E-state index contributed by atoms with van der Waals surface area (Å²) < 4.78 is 26.5. The second-order valence-electron chi connectivity index (χ2n) is 3.59. The van der Waals surface area contributed by atoms with Crippen LogP contribution in [-0.4, -0.2) is 18.6 Å². The highest BCUT2D eigenvalue weighted by atomic mass is 35.5. The van der Waals surface area contributed by atoms with Crippen molar-refractivity contribution in [3.05, 3.63) is 41.2 Å². The number of nitrogen functional groups attached to an aromatic ring is 1. The number of nitrogens with zero attached hydrogens (tertiary/aromatic N) is 1. The fourth-order valence-electron chi connectivity index (χ4n) is 1.43. The van der Waals surface area contributed by atoms with Crippen molar-refractivity contribution in [2.24, 2.45) is 0 Å². The third-order valence-electron chi connectivity index (χ3n) is 2.29. The van der Waals surface area contributed by atoms with Crippen LogP contribution in [0, 0.1) is 0 Å². The molecule has 18 heavy (non-hydrogen) atoms. The van der Waals surface area contributed by atoms with Crippen molar-refractivity contribution in [3.8, 4) is 0 Å². The molecule has 0 aliphatic rings. The summed E-state index contributed by atoms with van der Waals surface area (Å²) in [6.45, 7) is 0.115. The van der Waals surface area contributed by atoms with Gasteiger partial charge < -0.3 is 5.73 Å². The Morgan fingerprint density at radius 2 is 2.22 bits per heavy atom. The molecule has 1 aromatic heterocycles. The highest BCUT2D eigenvalue weighted by Crippen LogP contribution is 2.26. The van der Waals surface area contributed by atoms with Crippen LogP contribution in [0.5, 0.6) is 0 Å². The molecule has 2 rings (SSSR count). The molecule has 0 fully saturated rings. The van der Waals surface area contributed by atoms with E-state index in [2.05, 4.69) is 14.9 Å². The Labute approximate surface area is 109 Å². The van der Waals surface area contributed by atoms with Crippen LogP contribution in [0.2, 0.25) is 5.02 Å². The van der Waals surface area contributed by atoms with Crippen molar-refractivity contribution in [1.29, 1.82) is 0 Å². The van der Waals surface area contributed by atoms with Gasteiger partial charge in [0.25, 0.3) is 0 Å². The first-order valence-corrected chi connectivity index (χ1v) is 6.88. The highest BCUT2D eigenvalue weighted by Gasteiger charge is 2.20. The predicted octanol–water partition coefficient (Wildman–Crippen LogP) is 1.12. The monoisotopic (exact) mass is 286 g/mol. The molecule has 2 aromatic rings. The minimum atomic E-state index is -3.75. The van der Waals surface area contributed by atoms with Gasteiger partial charge in [0.05, 0.1) is 16.9 Å². The number of sulfonamides is 1. The van der Waals surface area contributed by atoms with E-state index in [1.165, 1.54) is 18.3 Å². The van der Waals surface area contributed by atoms with Gasteiger partial charge in [-0.05, 0) is 12.1 Å². The number of nitrogens with one attached hydrogen (secondary N) is 2. The van der Waals surface area contributed by atoms with Gasteiger partial charge in [-0.1, -0.05) is 17.7 Å². The molecule has 0 atom stereocenters. The van der Waals surface area contributed by atoms with Gasteiger partial charge in [-0.15, -0.1) is 0 Å². The second kappa shape index (κ2) is 4.97. The number of hydrogen-bond donors (Lipinski definition) is 3. The Bertz CT molecular complexity index is 620. The molecular formula is C10H11ClN4O2S. The van der Waals surface area contributed by atoms with Gasteiger partial charge in [-0.25, -0.2) is 13.1 Å². The standard InChI is InChI=1S/C10H11ClN4O2S/c11-8-2-1-3-9(12)10(8)18(16,17)15-6-7-4-13-14-5-7/h1-5,15H,6,12H2,(H,13,14). The van der Waals surface area contributed by atoms with Crippen molar-refractivity contribution in [2.75, 3.05) is 5.73 Å². The molecule has 0 spiro atoms. The lowest BCUT2D eigenvalue weighted by Gasteiger charge is -2.09. The van der Waals surface area contributed by atoms with E-state index in [-0.39, 0.29) is 22.2 Å². The fraction of sp³-hybridized carbons (Fsp3) is 0.100. The summed E-state index contributed by atoms with van der Waals surface area (Å²) in [5.74, 6) is 0. The Morgan fingerprint density at radius 1 is 1.44 bits per heavy atom. The molecule has 0 radical (unpaired) electrons. The van der Waals surface area contributed by atoms with Gasteiger partial charge in [0, 0.05) is 18.3 Å². The van der Waals surface area contributed by atoms with Crippen molar-refractivity contribution in [3.63, 3.8) is 0 Å². The van der Waals surface area contributed by atoms with Crippen molar-refractivity contribution in [1.82, 2.24) is 14.9 Å².